The van der Waals surface area contributed by atoms with Crippen molar-refractivity contribution in [3.63, 3.8) is 0 Å². The van der Waals surface area contributed by atoms with Gasteiger partial charge in [0.2, 0.25) is 0 Å². The van der Waals surface area contributed by atoms with Crippen LogP contribution in [0.5, 0.6) is 0 Å². The molecule has 1 aromatic rings. The lowest BCUT2D eigenvalue weighted by molar-refractivity contribution is -0.141. The summed E-state index contributed by atoms with van der Waals surface area (Å²) in [7, 11) is 0. The third-order valence-electron chi connectivity index (χ3n) is 3.27. The number of alkyl halides is 3. The molecule has 0 saturated carbocycles. The number of hydrogen-bond donors (Lipinski definition) is 1. The lowest BCUT2D eigenvalue weighted by Gasteiger charge is -2.35. The summed E-state index contributed by atoms with van der Waals surface area (Å²) in [5.74, 6) is -0.634. The van der Waals surface area contributed by atoms with Gasteiger partial charge in [0.15, 0.2) is 11.5 Å². The second kappa shape index (κ2) is 5.64. The average Bonchev–Trinajstić information content (AvgIpc) is 2.38. The van der Waals surface area contributed by atoms with E-state index in [4.69, 9.17) is 5.11 Å². The maximum Gasteiger partial charge on any atom is 0.435 e. The number of halogens is 3. The van der Waals surface area contributed by atoms with Crippen LogP contribution in [0.3, 0.4) is 0 Å². The van der Waals surface area contributed by atoms with Gasteiger partial charge in [-0.3, -0.25) is 4.79 Å². The number of carboxylic acid groups (broad SMARTS) is 1. The Hall–Kier alpha value is -1.86. The summed E-state index contributed by atoms with van der Waals surface area (Å²) in [4.78, 5) is 12.5. The van der Waals surface area contributed by atoms with E-state index in [-0.39, 0.29) is 12.5 Å². The molecule has 0 spiro atoms. The minimum Gasteiger partial charge on any atom is -0.481 e. The summed E-state index contributed by atoms with van der Waals surface area (Å²) in [6.07, 6.45) is -2.12. The predicted octanol–water partition coefficient (Wildman–Crippen LogP) is 2.33. The number of anilines is 1. The molecule has 1 unspecified atom stereocenters. The fourth-order valence-electron chi connectivity index (χ4n) is 2.35. The zero-order valence-corrected chi connectivity index (χ0v) is 10.6. The third kappa shape index (κ3) is 3.37. The first-order chi connectivity index (χ1) is 9.38. The second-order valence-electron chi connectivity index (χ2n) is 4.72. The Morgan fingerprint density at radius 1 is 1.35 bits per heavy atom. The Balaban J connectivity index is 2.17. The van der Waals surface area contributed by atoms with E-state index >= 15 is 0 Å². The summed E-state index contributed by atoms with van der Waals surface area (Å²) in [6.45, 7) is 0.581. The molecule has 0 aromatic carbocycles. The maximum atomic E-state index is 12.4. The highest BCUT2D eigenvalue weighted by Gasteiger charge is 2.33. The van der Waals surface area contributed by atoms with Crippen molar-refractivity contribution in [1.29, 1.82) is 0 Å². The minimum absolute atomic E-state index is 0.0529. The lowest BCUT2D eigenvalue weighted by atomic mass is 9.99. The highest BCUT2D eigenvalue weighted by Crippen LogP contribution is 2.29. The van der Waals surface area contributed by atoms with Crippen LogP contribution in [0.1, 0.15) is 31.4 Å². The van der Waals surface area contributed by atoms with Gasteiger partial charge < -0.3 is 10.0 Å². The van der Waals surface area contributed by atoms with Crippen LogP contribution in [0.4, 0.5) is 19.0 Å². The van der Waals surface area contributed by atoms with E-state index in [0.29, 0.717) is 18.8 Å². The number of aromatic nitrogens is 2. The van der Waals surface area contributed by atoms with Crippen LogP contribution in [0.2, 0.25) is 0 Å². The largest absolute Gasteiger partial charge is 0.481 e. The zero-order valence-electron chi connectivity index (χ0n) is 10.6. The molecule has 20 heavy (non-hydrogen) atoms. The fraction of sp³-hybridized carbons (Fsp3) is 0.583. The van der Waals surface area contributed by atoms with E-state index in [1.807, 2.05) is 0 Å². The summed E-state index contributed by atoms with van der Waals surface area (Å²) >= 11 is 0. The molecule has 8 heteroatoms. The van der Waals surface area contributed by atoms with Crippen LogP contribution in [-0.4, -0.2) is 33.9 Å². The van der Waals surface area contributed by atoms with E-state index in [1.54, 1.807) is 4.90 Å². The van der Waals surface area contributed by atoms with Gasteiger partial charge in [0.1, 0.15) is 0 Å². The Bertz CT molecular complexity index is 476. The number of rotatable bonds is 3. The fourth-order valence-corrected chi connectivity index (χ4v) is 2.35. The van der Waals surface area contributed by atoms with Gasteiger partial charge in [0.25, 0.3) is 0 Å². The van der Waals surface area contributed by atoms with Crippen molar-refractivity contribution >= 4 is 11.8 Å². The van der Waals surface area contributed by atoms with Gasteiger partial charge in [-0.25, -0.2) is 0 Å². The third-order valence-corrected chi connectivity index (χ3v) is 3.27. The molecular weight excluding hydrogens is 275 g/mol. The van der Waals surface area contributed by atoms with E-state index in [1.165, 1.54) is 6.07 Å². The summed E-state index contributed by atoms with van der Waals surface area (Å²) in [5.41, 5.74) is -1.05. The van der Waals surface area contributed by atoms with Crippen molar-refractivity contribution in [2.75, 3.05) is 11.4 Å². The number of nitrogens with zero attached hydrogens (tertiary/aromatic N) is 3. The summed E-state index contributed by atoms with van der Waals surface area (Å²) in [6, 6.07) is 1.87. The van der Waals surface area contributed by atoms with E-state index in [0.717, 1.165) is 18.9 Å². The Morgan fingerprint density at radius 2 is 2.10 bits per heavy atom. The van der Waals surface area contributed by atoms with Gasteiger partial charge in [0.05, 0.1) is 6.42 Å². The highest BCUT2D eigenvalue weighted by atomic mass is 19.4. The van der Waals surface area contributed by atoms with Gasteiger partial charge in [-0.15, -0.1) is 10.2 Å². The smallest absolute Gasteiger partial charge is 0.435 e. The number of carbonyl (C=O) groups is 1. The van der Waals surface area contributed by atoms with E-state index in [2.05, 4.69) is 10.2 Å². The van der Waals surface area contributed by atoms with Crippen LogP contribution in [0, 0.1) is 0 Å². The first kappa shape index (κ1) is 14.5. The molecule has 1 atom stereocenters. The molecule has 1 aliphatic heterocycles. The molecular formula is C12H14F3N3O2. The van der Waals surface area contributed by atoms with E-state index < -0.39 is 17.8 Å². The van der Waals surface area contributed by atoms with Crippen molar-refractivity contribution < 1.29 is 23.1 Å². The molecule has 0 radical (unpaired) electrons. The molecule has 1 aliphatic rings. The highest BCUT2D eigenvalue weighted by molar-refractivity contribution is 5.68. The van der Waals surface area contributed by atoms with Gasteiger partial charge in [-0.2, -0.15) is 13.2 Å². The topological polar surface area (TPSA) is 66.3 Å². The molecule has 1 N–H and O–H groups in total. The standard InChI is InChI=1S/C12H14F3N3O2/c13-12(14,15)9-4-5-10(17-16-9)18-6-2-1-3-8(18)7-11(19)20/h4-5,8H,1-3,6-7H2,(H,19,20). The molecule has 0 amide bonds. The van der Waals surface area contributed by atoms with Crippen molar-refractivity contribution in [3.8, 4) is 0 Å². The van der Waals surface area contributed by atoms with Crippen LogP contribution in [0.25, 0.3) is 0 Å². The molecule has 1 fully saturated rings. The molecule has 1 aromatic heterocycles. The Kier molecular flexibility index (Phi) is 4.10. The normalized spacial score (nSPS) is 19.9. The molecule has 0 bridgehead atoms. The van der Waals surface area contributed by atoms with Crippen molar-refractivity contribution in [2.45, 2.75) is 37.9 Å². The van der Waals surface area contributed by atoms with Gasteiger partial charge in [-0.1, -0.05) is 0 Å². The second-order valence-corrected chi connectivity index (χ2v) is 4.72. The van der Waals surface area contributed by atoms with Crippen LogP contribution >= 0.6 is 0 Å². The molecule has 110 valence electrons. The first-order valence-electron chi connectivity index (χ1n) is 6.27. The Morgan fingerprint density at radius 3 is 2.65 bits per heavy atom. The lowest BCUT2D eigenvalue weighted by Crippen LogP contribution is -2.41. The van der Waals surface area contributed by atoms with Gasteiger partial charge >= 0.3 is 12.1 Å². The maximum absolute atomic E-state index is 12.4. The molecule has 0 aliphatic carbocycles. The number of hydrogen-bond acceptors (Lipinski definition) is 4. The van der Waals surface area contributed by atoms with Crippen molar-refractivity contribution in [3.05, 3.63) is 17.8 Å². The molecule has 1 saturated heterocycles. The van der Waals surface area contributed by atoms with Crippen LogP contribution < -0.4 is 4.90 Å². The molecule has 2 heterocycles. The van der Waals surface area contributed by atoms with Crippen LogP contribution in [-0.2, 0) is 11.0 Å². The quantitative estimate of drug-likeness (QED) is 0.925. The van der Waals surface area contributed by atoms with E-state index in [9.17, 15) is 18.0 Å². The first-order valence-corrected chi connectivity index (χ1v) is 6.27. The Labute approximate surface area is 113 Å². The number of carboxylic acids is 1. The molecule has 2 rings (SSSR count). The number of aliphatic carboxylic acids is 1. The van der Waals surface area contributed by atoms with Crippen molar-refractivity contribution in [1.82, 2.24) is 10.2 Å². The summed E-state index contributed by atoms with van der Waals surface area (Å²) in [5, 5.41) is 15.6. The predicted molar refractivity (Wildman–Crippen MR) is 64.3 cm³/mol. The molecule has 5 nitrogen and oxygen atoms in total. The average molecular weight is 289 g/mol. The summed E-state index contributed by atoms with van der Waals surface area (Å²) < 4.78 is 37.3. The monoisotopic (exact) mass is 289 g/mol. The number of piperidine rings is 1. The van der Waals surface area contributed by atoms with Gasteiger partial charge in [-0.05, 0) is 31.4 Å². The SMILES string of the molecule is O=C(O)CC1CCCCN1c1ccc(C(F)(F)F)nn1. The van der Waals surface area contributed by atoms with Crippen molar-refractivity contribution in [2.24, 2.45) is 0 Å². The van der Waals surface area contributed by atoms with Crippen LogP contribution in [0.15, 0.2) is 12.1 Å². The van der Waals surface area contributed by atoms with Gasteiger partial charge in [0, 0.05) is 12.6 Å². The minimum atomic E-state index is -4.52. The zero-order chi connectivity index (χ0) is 14.8.